The van der Waals surface area contributed by atoms with Gasteiger partial charge in [-0.15, -0.1) is 0 Å². The van der Waals surface area contributed by atoms with Crippen LogP contribution < -0.4 is 14.8 Å². The molecule has 1 N–H and O–H groups in total. The Balaban J connectivity index is 1.75. The van der Waals surface area contributed by atoms with Crippen molar-refractivity contribution in [1.82, 2.24) is 4.90 Å². The third-order valence-electron chi connectivity index (χ3n) is 4.08. The molecule has 0 spiro atoms. The number of anilines is 1. The van der Waals surface area contributed by atoms with E-state index < -0.39 is 0 Å². The first-order valence-corrected chi connectivity index (χ1v) is 8.44. The van der Waals surface area contributed by atoms with E-state index in [1.165, 1.54) is 11.1 Å². The van der Waals surface area contributed by atoms with E-state index in [-0.39, 0.29) is 0 Å². The molecule has 0 unspecified atom stereocenters. The lowest BCUT2D eigenvalue weighted by molar-refractivity contribution is 0.348. The summed E-state index contributed by atoms with van der Waals surface area (Å²) < 4.78 is 10.8. The number of thiocarbonyl (C=S) groups is 1. The minimum absolute atomic E-state index is 0.684. The van der Waals surface area contributed by atoms with Crippen molar-refractivity contribution in [2.75, 3.05) is 26.1 Å². The van der Waals surface area contributed by atoms with E-state index in [9.17, 15) is 0 Å². The van der Waals surface area contributed by atoms with Crippen LogP contribution in [0.3, 0.4) is 0 Å². The highest BCUT2D eigenvalue weighted by molar-refractivity contribution is 7.80. The summed E-state index contributed by atoms with van der Waals surface area (Å²) in [6, 6.07) is 11.6. The second-order valence-electron chi connectivity index (χ2n) is 5.59. The fraction of sp³-hybridized carbons (Fsp3) is 0.278. The van der Waals surface area contributed by atoms with Crippen LogP contribution in [0, 0.1) is 0 Å². The van der Waals surface area contributed by atoms with Gasteiger partial charge in [-0.3, -0.25) is 0 Å². The topological polar surface area (TPSA) is 33.7 Å². The smallest absolute Gasteiger partial charge is 0.173 e. The fourth-order valence-corrected chi connectivity index (χ4v) is 3.29. The molecule has 24 heavy (non-hydrogen) atoms. The van der Waals surface area contributed by atoms with Crippen molar-refractivity contribution in [3.8, 4) is 11.5 Å². The molecule has 126 valence electrons. The number of benzene rings is 2. The zero-order chi connectivity index (χ0) is 17.1. The van der Waals surface area contributed by atoms with Gasteiger partial charge in [0.15, 0.2) is 16.6 Å². The zero-order valence-corrected chi connectivity index (χ0v) is 15.2. The van der Waals surface area contributed by atoms with Gasteiger partial charge in [0.25, 0.3) is 0 Å². The van der Waals surface area contributed by atoms with Crippen molar-refractivity contribution >= 4 is 34.6 Å². The first kappa shape index (κ1) is 16.9. The van der Waals surface area contributed by atoms with Gasteiger partial charge in [0, 0.05) is 23.8 Å². The Kier molecular flexibility index (Phi) is 5.11. The number of ether oxygens (including phenoxy) is 2. The molecule has 0 aromatic heterocycles. The molecule has 2 aromatic carbocycles. The van der Waals surface area contributed by atoms with Crippen LogP contribution >= 0.6 is 23.8 Å². The molecule has 2 aromatic rings. The average molecular weight is 363 g/mol. The molecule has 3 rings (SSSR count). The maximum atomic E-state index is 6.02. The third kappa shape index (κ3) is 3.57. The Morgan fingerprint density at radius 1 is 1.12 bits per heavy atom. The first-order chi connectivity index (χ1) is 11.6. The maximum absolute atomic E-state index is 6.02. The maximum Gasteiger partial charge on any atom is 0.173 e. The molecule has 1 aliphatic rings. The van der Waals surface area contributed by atoms with Gasteiger partial charge in [-0.25, -0.2) is 0 Å². The normalized spacial score (nSPS) is 13.2. The molecular weight excluding hydrogens is 344 g/mol. The van der Waals surface area contributed by atoms with Gasteiger partial charge in [-0.05, 0) is 60.1 Å². The van der Waals surface area contributed by atoms with E-state index in [4.69, 9.17) is 33.3 Å². The summed E-state index contributed by atoms with van der Waals surface area (Å²) in [6.45, 7) is 1.59. The monoisotopic (exact) mass is 362 g/mol. The number of nitrogens with zero attached hydrogens (tertiary/aromatic N) is 1. The Bertz CT molecular complexity index is 767. The van der Waals surface area contributed by atoms with E-state index in [2.05, 4.69) is 16.3 Å². The second-order valence-corrected chi connectivity index (χ2v) is 6.41. The summed E-state index contributed by atoms with van der Waals surface area (Å²) in [5.74, 6) is 1.51. The van der Waals surface area contributed by atoms with Gasteiger partial charge in [0.1, 0.15) is 0 Å². The molecular formula is C18H19ClN2O2S. The molecule has 6 heteroatoms. The predicted octanol–water partition coefficient (Wildman–Crippen LogP) is 4.11. The zero-order valence-electron chi connectivity index (χ0n) is 13.6. The highest BCUT2D eigenvalue weighted by Crippen LogP contribution is 2.33. The summed E-state index contributed by atoms with van der Waals surface area (Å²) >= 11 is 11.6. The lowest BCUT2D eigenvalue weighted by atomic mass is 9.99. The molecule has 0 bridgehead atoms. The molecule has 4 nitrogen and oxygen atoms in total. The second kappa shape index (κ2) is 7.28. The van der Waals surface area contributed by atoms with E-state index in [0.717, 1.165) is 36.7 Å². The number of methoxy groups -OCH3 is 2. The Morgan fingerprint density at radius 3 is 2.50 bits per heavy atom. The van der Waals surface area contributed by atoms with Crippen LogP contribution in [0.4, 0.5) is 5.69 Å². The number of nitrogens with one attached hydrogen (secondary N) is 1. The molecule has 0 amide bonds. The van der Waals surface area contributed by atoms with Gasteiger partial charge >= 0.3 is 0 Å². The number of rotatable bonds is 3. The Hall–Kier alpha value is -1.98. The van der Waals surface area contributed by atoms with Gasteiger partial charge in [-0.1, -0.05) is 17.7 Å². The molecule has 1 heterocycles. The van der Waals surface area contributed by atoms with Gasteiger partial charge in [0.05, 0.1) is 14.2 Å². The van der Waals surface area contributed by atoms with Gasteiger partial charge in [0.2, 0.25) is 0 Å². The van der Waals surface area contributed by atoms with Crippen LogP contribution in [0.1, 0.15) is 11.1 Å². The lowest BCUT2D eigenvalue weighted by Crippen LogP contribution is -2.38. The van der Waals surface area contributed by atoms with Crippen molar-refractivity contribution in [3.05, 3.63) is 52.5 Å². The summed E-state index contributed by atoms with van der Waals surface area (Å²) in [5.41, 5.74) is 3.37. The average Bonchev–Trinajstić information content (AvgIpc) is 2.59. The molecule has 0 atom stereocenters. The van der Waals surface area contributed by atoms with Crippen molar-refractivity contribution in [2.24, 2.45) is 0 Å². The highest BCUT2D eigenvalue weighted by atomic mass is 35.5. The van der Waals surface area contributed by atoms with Crippen molar-refractivity contribution in [1.29, 1.82) is 0 Å². The number of halogens is 1. The van der Waals surface area contributed by atoms with Crippen molar-refractivity contribution in [3.63, 3.8) is 0 Å². The van der Waals surface area contributed by atoms with Crippen LogP contribution in [-0.2, 0) is 13.0 Å². The quantitative estimate of drug-likeness (QED) is 0.831. The van der Waals surface area contributed by atoms with E-state index in [1.807, 2.05) is 30.3 Å². The van der Waals surface area contributed by atoms with Crippen LogP contribution in [0.5, 0.6) is 11.5 Å². The highest BCUT2D eigenvalue weighted by Gasteiger charge is 2.21. The number of hydrogen-bond donors (Lipinski definition) is 1. The SMILES string of the molecule is COc1cc2c(cc1OC)CN(C(=S)Nc1cccc(Cl)c1)CC2. The third-order valence-corrected chi connectivity index (χ3v) is 4.68. The van der Waals surface area contributed by atoms with Crippen LogP contribution in [0.25, 0.3) is 0 Å². The van der Waals surface area contributed by atoms with E-state index in [1.54, 1.807) is 14.2 Å². The minimum Gasteiger partial charge on any atom is -0.493 e. The molecule has 0 aliphatic carbocycles. The van der Waals surface area contributed by atoms with Crippen LogP contribution in [-0.4, -0.2) is 30.8 Å². The summed E-state index contributed by atoms with van der Waals surface area (Å²) in [4.78, 5) is 2.14. The molecule has 0 radical (unpaired) electrons. The summed E-state index contributed by atoms with van der Waals surface area (Å²) in [6.07, 6.45) is 0.910. The summed E-state index contributed by atoms with van der Waals surface area (Å²) in [5, 5.41) is 4.63. The van der Waals surface area contributed by atoms with E-state index >= 15 is 0 Å². The number of fused-ring (bicyclic) bond motifs is 1. The van der Waals surface area contributed by atoms with Crippen LogP contribution in [0.2, 0.25) is 5.02 Å². The molecule has 0 fully saturated rings. The summed E-state index contributed by atoms with van der Waals surface area (Å²) in [7, 11) is 3.31. The van der Waals surface area contributed by atoms with Crippen molar-refractivity contribution < 1.29 is 9.47 Å². The molecule has 0 saturated heterocycles. The number of hydrogen-bond acceptors (Lipinski definition) is 3. The van der Waals surface area contributed by atoms with Gasteiger partial charge < -0.3 is 19.7 Å². The molecule has 0 saturated carbocycles. The van der Waals surface area contributed by atoms with Crippen LogP contribution in [0.15, 0.2) is 36.4 Å². The first-order valence-electron chi connectivity index (χ1n) is 7.66. The molecule has 1 aliphatic heterocycles. The standard InChI is InChI=1S/C18H19ClN2O2S/c1-22-16-8-12-6-7-21(11-13(12)9-17(16)23-2)18(24)20-15-5-3-4-14(19)10-15/h3-5,8-10H,6-7,11H2,1-2H3,(H,20,24). The van der Waals surface area contributed by atoms with Crippen molar-refractivity contribution in [2.45, 2.75) is 13.0 Å². The Morgan fingerprint density at radius 2 is 1.83 bits per heavy atom. The van der Waals surface area contributed by atoms with E-state index in [0.29, 0.717) is 10.1 Å². The fourth-order valence-electron chi connectivity index (χ4n) is 2.83. The largest absolute Gasteiger partial charge is 0.493 e. The Labute approximate surface area is 152 Å². The van der Waals surface area contributed by atoms with Gasteiger partial charge in [-0.2, -0.15) is 0 Å². The lowest BCUT2D eigenvalue weighted by Gasteiger charge is -2.31. The predicted molar refractivity (Wildman–Crippen MR) is 101 cm³/mol. The minimum atomic E-state index is 0.684.